The zero-order valence-corrected chi connectivity index (χ0v) is 18.1. The molecular formula is C23H23F3N4O3. The highest BCUT2D eigenvalue weighted by Crippen LogP contribution is 2.22. The van der Waals surface area contributed by atoms with Gasteiger partial charge in [0.05, 0.1) is 12.2 Å². The fraction of sp³-hybridized carbons (Fsp3) is 0.261. The van der Waals surface area contributed by atoms with E-state index in [0.717, 1.165) is 23.4 Å². The molecule has 0 unspecified atom stereocenters. The van der Waals surface area contributed by atoms with E-state index in [2.05, 4.69) is 5.10 Å². The lowest BCUT2D eigenvalue weighted by molar-refractivity contribution is 0.201. The second-order valence-electron chi connectivity index (χ2n) is 7.73. The Bertz CT molecular complexity index is 1190. The average Bonchev–Trinajstić information content (AvgIpc) is 2.76. The third-order valence-electron chi connectivity index (χ3n) is 4.92. The van der Waals surface area contributed by atoms with Crippen LogP contribution in [0.3, 0.4) is 0 Å². The van der Waals surface area contributed by atoms with Crippen LogP contribution in [-0.4, -0.2) is 53.1 Å². The van der Waals surface area contributed by atoms with Gasteiger partial charge in [0.25, 0.3) is 5.56 Å². The average molecular weight is 460 g/mol. The predicted molar refractivity (Wildman–Crippen MR) is 118 cm³/mol. The number of rotatable bonds is 8. The molecular weight excluding hydrogens is 437 g/mol. The van der Waals surface area contributed by atoms with E-state index in [1.807, 2.05) is 19.0 Å². The molecule has 7 nitrogen and oxygen atoms in total. The molecule has 0 bridgehead atoms. The van der Waals surface area contributed by atoms with Crippen molar-refractivity contribution in [2.45, 2.75) is 13.0 Å². The van der Waals surface area contributed by atoms with Crippen molar-refractivity contribution in [2.24, 2.45) is 0 Å². The van der Waals surface area contributed by atoms with Gasteiger partial charge in [0.1, 0.15) is 0 Å². The van der Waals surface area contributed by atoms with Crippen LogP contribution >= 0.6 is 0 Å². The largest absolute Gasteiger partial charge is 0.465 e. The molecule has 0 radical (unpaired) electrons. The smallest absolute Gasteiger partial charge is 0.411 e. The van der Waals surface area contributed by atoms with Gasteiger partial charge in [-0.1, -0.05) is 12.1 Å². The highest BCUT2D eigenvalue weighted by atomic mass is 19.2. The Kier molecular flexibility index (Phi) is 7.49. The molecule has 1 N–H and O–H groups in total. The summed E-state index contributed by atoms with van der Waals surface area (Å²) in [4.78, 5) is 27.2. The summed E-state index contributed by atoms with van der Waals surface area (Å²) in [5.41, 5.74) is 0.653. The minimum atomic E-state index is -1.59. The van der Waals surface area contributed by atoms with Crippen molar-refractivity contribution in [3.8, 4) is 11.3 Å². The van der Waals surface area contributed by atoms with Gasteiger partial charge < -0.3 is 10.0 Å². The molecule has 0 aliphatic rings. The summed E-state index contributed by atoms with van der Waals surface area (Å²) in [6.45, 7) is 1.02. The first kappa shape index (κ1) is 24.0. The number of halogens is 3. The Morgan fingerprint density at radius 2 is 1.73 bits per heavy atom. The van der Waals surface area contributed by atoms with E-state index in [1.165, 1.54) is 17.0 Å². The van der Waals surface area contributed by atoms with Gasteiger partial charge in [0.15, 0.2) is 17.5 Å². The normalized spacial score (nSPS) is 11.1. The van der Waals surface area contributed by atoms with Crippen LogP contribution in [0.4, 0.5) is 23.7 Å². The quantitative estimate of drug-likeness (QED) is 0.518. The summed E-state index contributed by atoms with van der Waals surface area (Å²) in [5, 5.41) is 13.7. The molecule has 1 aromatic heterocycles. The lowest BCUT2D eigenvalue weighted by atomic mass is 10.1. The summed E-state index contributed by atoms with van der Waals surface area (Å²) in [5.74, 6) is -4.31. The van der Waals surface area contributed by atoms with Crippen LogP contribution in [0, 0.1) is 17.5 Å². The monoisotopic (exact) mass is 460 g/mol. The molecule has 0 atom stereocenters. The molecule has 0 spiro atoms. The Balaban J connectivity index is 1.87. The minimum absolute atomic E-state index is 0.00215. The maximum Gasteiger partial charge on any atom is 0.411 e. The highest BCUT2D eigenvalue weighted by molar-refractivity contribution is 5.86. The van der Waals surface area contributed by atoms with Crippen LogP contribution in [0.5, 0.6) is 0 Å². The number of hydrogen-bond acceptors (Lipinski definition) is 4. The molecule has 3 rings (SSSR count). The highest BCUT2D eigenvalue weighted by Gasteiger charge is 2.16. The molecule has 1 heterocycles. The maximum atomic E-state index is 13.6. The Morgan fingerprint density at radius 1 is 1.03 bits per heavy atom. The SMILES string of the molecule is CN(C)CCCN(C(=O)O)c1cccc(Cn2nc(-c3cc(F)c(F)c(F)c3)ccc2=O)c1. The van der Waals surface area contributed by atoms with E-state index >= 15 is 0 Å². The van der Waals surface area contributed by atoms with Gasteiger partial charge in [-0.3, -0.25) is 9.69 Å². The van der Waals surface area contributed by atoms with E-state index < -0.39 is 29.1 Å². The number of aromatic nitrogens is 2. The zero-order valence-electron chi connectivity index (χ0n) is 18.1. The van der Waals surface area contributed by atoms with Crippen LogP contribution in [-0.2, 0) is 6.54 Å². The van der Waals surface area contributed by atoms with E-state index in [4.69, 9.17) is 0 Å². The first-order valence-corrected chi connectivity index (χ1v) is 10.1. The molecule has 33 heavy (non-hydrogen) atoms. The summed E-state index contributed by atoms with van der Waals surface area (Å²) in [7, 11) is 3.80. The van der Waals surface area contributed by atoms with Crippen LogP contribution in [0.1, 0.15) is 12.0 Å². The van der Waals surface area contributed by atoms with Crippen LogP contribution in [0.2, 0.25) is 0 Å². The summed E-state index contributed by atoms with van der Waals surface area (Å²) in [6, 6.07) is 10.8. The molecule has 1 amide bonds. The van der Waals surface area contributed by atoms with Crippen LogP contribution in [0.15, 0.2) is 53.3 Å². The van der Waals surface area contributed by atoms with Crippen LogP contribution in [0.25, 0.3) is 11.3 Å². The van der Waals surface area contributed by atoms with Gasteiger partial charge in [-0.25, -0.2) is 22.6 Å². The number of carbonyl (C=O) groups is 1. The van der Waals surface area contributed by atoms with Gasteiger partial charge in [-0.15, -0.1) is 0 Å². The van der Waals surface area contributed by atoms with E-state index in [9.17, 15) is 27.9 Å². The van der Waals surface area contributed by atoms with Gasteiger partial charge in [0.2, 0.25) is 0 Å². The topological polar surface area (TPSA) is 78.7 Å². The zero-order chi connectivity index (χ0) is 24.1. The van der Waals surface area contributed by atoms with Crippen molar-refractivity contribution in [1.82, 2.24) is 14.7 Å². The number of hydrogen-bond donors (Lipinski definition) is 1. The Hall–Kier alpha value is -3.66. The second kappa shape index (κ2) is 10.3. The van der Waals surface area contributed by atoms with Crippen molar-refractivity contribution < 1.29 is 23.1 Å². The van der Waals surface area contributed by atoms with E-state index in [0.29, 0.717) is 24.2 Å². The summed E-state index contributed by atoms with van der Waals surface area (Å²) >= 11 is 0. The molecule has 0 saturated carbocycles. The number of benzene rings is 2. The van der Waals surface area contributed by atoms with Crippen molar-refractivity contribution >= 4 is 11.8 Å². The van der Waals surface area contributed by atoms with Gasteiger partial charge >= 0.3 is 6.09 Å². The second-order valence-corrected chi connectivity index (χ2v) is 7.73. The third-order valence-corrected chi connectivity index (χ3v) is 4.92. The molecule has 174 valence electrons. The molecule has 3 aromatic rings. The standard InChI is InChI=1S/C23H23F3N4O3/c1-28(2)9-4-10-29(23(32)33)17-6-3-5-15(11-17)14-30-21(31)8-7-20(27-30)16-12-18(24)22(26)19(25)13-16/h3,5-8,11-13H,4,9-10,14H2,1-2H3,(H,32,33). The minimum Gasteiger partial charge on any atom is -0.465 e. The molecule has 0 aliphatic carbocycles. The van der Waals surface area contributed by atoms with E-state index in [1.54, 1.807) is 24.3 Å². The van der Waals surface area contributed by atoms with Crippen molar-refractivity contribution in [2.75, 3.05) is 32.1 Å². The first-order valence-electron chi connectivity index (χ1n) is 10.1. The third kappa shape index (κ3) is 5.98. The number of nitrogens with zero attached hydrogens (tertiary/aromatic N) is 4. The van der Waals surface area contributed by atoms with Gasteiger partial charge in [0, 0.05) is 23.9 Å². The predicted octanol–water partition coefficient (Wildman–Crippen LogP) is 3.81. The number of carboxylic acid groups (broad SMARTS) is 1. The molecule has 2 aromatic carbocycles. The molecule has 10 heteroatoms. The number of anilines is 1. The number of amides is 1. The van der Waals surface area contributed by atoms with Crippen molar-refractivity contribution in [3.05, 3.63) is 81.9 Å². The first-order chi connectivity index (χ1) is 15.7. The Labute approximate surface area is 188 Å². The Morgan fingerprint density at radius 3 is 2.36 bits per heavy atom. The maximum absolute atomic E-state index is 13.6. The van der Waals surface area contributed by atoms with Gasteiger partial charge in [-0.2, -0.15) is 5.10 Å². The fourth-order valence-electron chi connectivity index (χ4n) is 3.30. The van der Waals surface area contributed by atoms with Gasteiger partial charge in [-0.05, 0) is 63.0 Å². The van der Waals surface area contributed by atoms with Crippen LogP contribution < -0.4 is 10.5 Å². The molecule has 0 saturated heterocycles. The summed E-state index contributed by atoms with van der Waals surface area (Å²) in [6.07, 6.45) is -0.458. The lowest BCUT2D eigenvalue weighted by Crippen LogP contribution is -2.32. The molecule has 0 aliphatic heterocycles. The lowest BCUT2D eigenvalue weighted by Gasteiger charge is -2.21. The molecule has 0 fully saturated rings. The van der Waals surface area contributed by atoms with E-state index in [-0.39, 0.29) is 17.8 Å². The summed E-state index contributed by atoms with van der Waals surface area (Å²) < 4.78 is 41.6. The fourth-order valence-corrected chi connectivity index (χ4v) is 3.30. The van der Waals surface area contributed by atoms with Crippen molar-refractivity contribution in [1.29, 1.82) is 0 Å². The van der Waals surface area contributed by atoms with Crippen molar-refractivity contribution in [3.63, 3.8) is 0 Å².